The molecule has 0 heterocycles. The van der Waals surface area contributed by atoms with E-state index in [9.17, 15) is 15.2 Å². The van der Waals surface area contributed by atoms with Gasteiger partial charge in [0.15, 0.2) is 0 Å². The second kappa shape index (κ2) is 5.16. The first-order valence-corrected chi connectivity index (χ1v) is 4.80. The van der Waals surface area contributed by atoms with E-state index in [4.69, 9.17) is 4.74 Å². The highest BCUT2D eigenvalue weighted by Crippen LogP contribution is 2.25. The maximum atomic E-state index is 10.6. The number of benzene rings is 1. The lowest BCUT2D eigenvalue weighted by atomic mass is 10.1. The molecule has 16 heavy (non-hydrogen) atoms. The second-order valence-corrected chi connectivity index (χ2v) is 3.17. The number of hydrogen-bond acceptors (Lipinski definition) is 4. The Labute approximate surface area is 93.1 Å². The number of ether oxygens (including phenoxy) is 1. The zero-order valence-corrected chi connectivity index (χ0v) is 9.14. The van der Waals surface area contributed by atoms with Crippen LogP contribution in [0.1, 0.15) is 18.9 Å². The summed E-state index contributed by atoms with van der Waals surface area (Å²) in [5.41, 5.74) is 0.427. The summed E-state index contributed by atoms with van der Waals surface area (Å²) >= 11 is 0. The molecule has 5 nitrogen and oxygen atoms in total. The fourth-order valence-electron chi connectivity index (χ4n) is 1.24. The van der Waals surface area contributed by atoms with Gasteiger partial charge in [0, 0.05) is 18.1 Å². The smallest absolute Gasteiger partial charge is 0.246 e. The Morgan fingerprint density at radius 2 is 2.31 bits per heavy atom. The summed E-state index contributed by atoms with van der Waals surface area (Å²) in [4.78, 5) is 10.2. The van der Waals surface area contributed by atoms with Gasteiger partial charge in [0.2, 0.25) is 5.70 Å². The van der Waals surface area contributed by atoms with Crippen molar-refractivity contribution >= 4 is 6.08 Å². The quantitative estimate of drug-likeness (QED) is 0.628. The van der Waals surface area contributed by atoms with E-state index in [-0.39, 0.29) is 11.4 Å². The second-order valence-electron chi connectivity index (χ2n) is 3.17. The first-order chi connectivity index (χ1) is 7.58. The van der Waals surface area contributed by atoms with Crippen LogP contribution >= 0.6 is 0 Å². The Morgan fingerprint density at radius 1 is 1.62 bits per heavy atom. The molecule has 0 atom stereocenters. The van der Waals surface area contributed by atoms with Gasteiger partial charge < -0.3 is 9.84 Å². The van der Waals surface area contributed by atoms with Crippen LogP contribution in [-0.2, 0) is 0 Å². The van der Waals surface area contributed by atoms with Gasteiger partial charge in [-0.15, -0.1) is 0 Å². The molecule has 0 aliphatic rings. The summed E-state index contributed by atoms with van der Waals surface area (Å²) in [6.45, 7) is 1.69. The van der Waals surface area contributed by atoms with Crippen molar-refractivity contribution in [3.63, 3.8) is 0 Å². The van der Waals surface area contributed by atoms with Crippen molar-refractivity contribution in [1.29, 1.82) is 0 Å². The molecule has 0 aliphatic carbocycles. The third kappa shape index (κ3) is 2.73. The van der Waals surface area contributed by atoms with Crippen LogP contribution in [0.25, 0.3) is 6.08 Å². The number of phenolic OH excluding ortho intramolecular Hbond substituents is 1. The van der Waals surface area contributed by atoms with E-state index < -0.39 is 4.92 Å². The fraction of sp³-hybridized carbons (Fsp3) is 0.273. The van der Waals surface area contributed by atoms with Gasteiger partial charge in [-0.3, -0.25) is 10.1 Å². The third-order valence-corrected chi connectivity index (χ3v) is 2.15. The highest BCUT2D eigenvalue weighted by Gasteiger charge is 2.09. The van der Waals surface area contributed by atoms with Crippen LogP contribution in [0.5, 0.6) is 11.5 Å². The zero-order valence-electron chi connectivity index (χ0n) is 9.14. The van der Waals surface area contributed by atoms with Gasteiger partial charge in [-0.05, 0) is 18.2 Å². The lowest BCUT2D eigenvalue weighted by Crippen LogP contribution is -1.96. The molecule has 5 heteroatoms. The minimum Gasteiger partial charge on any atom is -0.507 e. The standard InChI is InChI=1S/C11H13NO4/c1-3-9(12(14)15)6-8-7-10(16-2)4-5-11(8)13/h4-7,13H,3H2,1-2H3. The molecule has 1 aromatic carbocycles. The van der Waals surface area contributed by atoms with Crippen LogP contribution in [0.4, 0.5) is 0 Å². The highest BCUT2D eigenvalue weighted by atomic mass is 16.6. The molecule has 1 rings (SSSR count). The minimum atomic E-state index is -0.459. The van der Waals surface area contributed by atoms with E-state index in [1.807, 2.05) is 0 Å². The van der Waals surface area contributed by atoms with Gasteiger partial charge in [0.1, 0.15) is 11.5 Å². The van der Waals surface area contributed by atoms with Crippen LogP contribution in [0.3, 0.4) is 0 Å². The Morgan fingerprint density at radius 3 is 2.81 bits per heavy atom. The molecule has 0 bridgehead atoms. The van der Waals surface area contributed by atoms with E-state index in [0.717, 1.165) is 0 Å². The van der Waals surface area contributed by atoms with Crippen molar-refractivity contribution in [3.8, 4) is 11.5 Å². The SMILES string of the molecule is CCC(=Cc1cc(OC)ccc1O)[N+](=O)[O-]. The first-order valence-electron chi connectivity index (χ1n) is 4.80. The molecular weight excluding hydrogens is 210 g/mol. The monoisotopic (exact) mass is 223 g/mol. The molecule has 0 aromatic heterocycles. The molecule has 0 saturated carbocycles. The van der Waals surface area contributed by atoms with Crippen molar-refractivity contribution in [1.82, 2.24) is 0 Å². The van der Waals surface area contributed by atoms with Gasteiger partial charge in [0.05, 0.1) is 12.0 Å². The third-order valence-electron chi connectivity index (χ3n) is 2.15. The van der Waals surface area contributed by atoms with Crippen LogP contribution in [0.2, 0.25) is 0 Å². The van der Waals surface area contributed by atoms with Gasteiger partial charge in [-0.2, -0.15) is 0 Å². The maximum absolute atomic E-state index is 10.6. The molecular formula is C11H13NO4. The molecule has 0 radical (unpaired) electrons. The van der Waals surface area contributed by atoms with E-state index in [0.29, 0.717) is 17.7 Å². The molecule has 1 aromatic rings. The Bertz CT molecular complexity index is 426. The first kappa shape index (κ1) is 12.0. The van der Waals surface area contributed by atoms with Crippen molar-refractivity contribution < 1.29 is 14.8 Å². The molecule has 0 amide bonds. The predicted molar refractivity (Wildman–Crippen MR) is 59.9 cm³/mol. The molecule has 86 valence electrons. The lowest BCUT2D eigenvalue weighted by Gasteiger charge is -2.03. The minimum absolute atomic E-state index is 0.00593. The highest BCUT2D eigenvalue weighted by molar-refractivity contribution is 5.60. The van der Waals surface area contributed by atoms with Crippen molar-refractivity contribution in [2.45, 2.75) is 13.3 Å². The van der Waals surface area contributed by atoms with Gasteiger partial charge in [-0.25, -0.2) is 0 Å². The molecule has 0 fully saturated rings. The van der Waals surface area contributed by atoms with E-state index in [1.54, 1.807) is 19.1 Å². The summed E-state index contributed by atoms with van der Waals surface area (Å²) < 4.78 is 4.98. The topological polar surface area (TPSA) is 72.6 Å². The number of phenols is 1. The summed E-state index contributed by atoms with van der Waals surface area (Å²) in [5, 5.41) is 20.2. The number of hydrogen-bond donors (Lipinski definition) is 1. The Hall–Kier alpha value is -2.04. The lowest BCUT2D eigenvalue weighted by molar-refractivity contribution is -0.425. The largest absolute Gasteiger partial charge is 0.507 e. The molecule has 0 aliphatic heterocycles. The van der Waals surface area contributed by atoms with E-state index in [2.05, 4.69) is 0 Å². The number of nitrogens with zero attached hydrogens (tertiary/aromatic N) is 1. The maximum Gasteiger partial charge on any atom is 0.246 e. The number of allylic oxidation sites excluding steroid dienone is 1. The van der Waals surface area contributed by atoms with Crippen LogP contribution in [0, 0.1) is 10.1 Å². The molecule has 0 spiro atoms. The van der Waals surface area contributed by atoms with E-state index >= 15 is 0 Å². The van der Waals surface area contributed by atoms with Gasteiger partial charge >= 0.3 is 0 Å². The van der Waals surface area contributed by atoms with Crippen molar-refractivity contribution in [2.24, 2.45) is 0 Å². The number of nitro groups is 1. The van der Waals surface area contributed by atoms with Crippen molar-refractivity contribution in [3.05, 3.63) is 39.6 Å². The van der Waals surface area contributed by atoms with Crippen LogP contribution in [0.15, 0.2) is 23.9 Å². The zero-order chi connectivity index (χ0) is 12.1. The Kier molecular flexibility index (Phi) is 3.88. The summed E-state index contributed by atoms with van der Waals surface area (Å²) in [6, 6.07) is 4.58. The van der Waals surface area contributed by atoms with Gasteiger partial charge in [0.25, 0.3) is 0 Å². The summed E-state index contributed by atoms with van der Waals surface area (Å²) in [7, 11) is 1.49. The number of methoxy groups -OCH3 is 1. The van der Waals surface area contributed by atoms with Crippen molar-refractivity contribution in [2.75, 3.05) is 7.11 Å². The summed E-state index contributed by atoms with van der Waals surface area (Å²) in [6.07, 6.45) is 1.64. The molecule has 0 saturated heterocycles. The average molecular weight is 223 g/mol. The number of rotatable bonds is 4. The summed E-state index contributed by atoms with van der Waals surface area (Å²) in [5.74, 6) is 0.538. The fourth-order valence-corrected chi connectivity index (χ4v) is 1.24. The molecule has 0 unspecified atom stereocenters. The van der Waals surface area contributed by atoms with Crippen LogP contribution in [-0.4, -0.2) is 17.1 Å². The predicted octanol–water partition coefficient (Wildman–Crippen LogP) is 2.43. The number of aromatic hydroxyl groups is 1. The Balaban J connectivity index is 3.16. The van der Waals surface area contributed by atoms with Gasteiger partial charge in [-0.1, -0.05) is 6.92 Å². The normalized spacial score (nSPS) is 11.2. The average Bonchev–Trinajstić information content (AvgIpc) is 2.27. The molecule has 1 N–H and O–H groups in total. The van der Waals surface area contributed by atoms with Crippen LogP contribution < -0.4 is 4.74 Å². The van der Waals surface area contributed by atoms with E-state index in [1.165, 1.54) is 19.3 Å².